The van der Waals surface area contributed by atoms with Crippen molar-refractivity contribution in [1.29, 1.82) is 0 Å². The fourth-order valence-electron chi connectivity index (χ4n) is 1.35. The van der Waals surface area contributed by atoms with Crippen LogP contribution in [0.5, 0.6) is 5.75 Å². The van der Waals surface area contributed by atoms with Crippen LogP contribution in [0.15, 0.2) is 48.5 Å². The number of benzene rings is 2. The molecule has 0 saturated carbocycles. The Morgan fingerprint density at radius 2 is 1.44 bits per heavy atom. The number of halogens is 1. The van der Waals surface area contributed by atoms with E-state index < -0.39 is 0 Å². The van der Waals surface area contributed by atoms with Crippen molar-refractivity contribution in [3.63, 3.8) is 0 Å². The van der Waals surface area contributed by atoms with Crippen molar-refractivity contribution in [2.24, 2.45) is 0 Å². The molecule has 0 aromatic heterocycles. The van der Waals surface area contributed by atoms with E-state index in [4.69, 9.17) is 11.6 Å². The van der Waals surface area contributed by atoms with Gasteiger partial charge >= 0.3 is 0 Å². The van der Waals surface area contributed by atoms with Gasteiger partial charge in [-0.1, -0.05) is 49.7 Å². The third-order valence-corrected chi connectivity index (χ3v) is 2.24. The summed E-state index contributed by atoms with van der Waals surface area (Å²) in [7, 11) is 0. The van der Waals surface area contributed by atoms with Crippen LogP contribution in [0.1, 0.15) is 13.8 Å². The highest BCUT2D eigenvalue weighted by molar-refractivity contribution is 6.30. The molecule has 2 heteroatoms. The molecule has 2 rings (SSSR count). The summed E-state index contributed by atoms with van der Waals surface area (Å²) in [6.07, 6.45) is 0. The second-order valence-corrected chi connectivity index (χ2v) is 3.50. The van der Waals surface area contributed by atoms with Crippen LogP contribution in [0.4, 0.5) is 0 Å². The molecule has 0 unspecified atom stereocenters. The Morgan fingerprint density at radius 1 is 0.875 bits per heavy atom. The van der Waals surface area contributed by atoms with Crippen molar-refractivity contribution < 1.29 is 5.11 Å². The van der Waals surface area contributed by atoms with E-state index in [-0.39, 0.29) is 5.75 Å². The van der Waals surface area contributed by atoms with E-state index >= 15 is 0 Å². The van der Waals surface area contributed by atoms with Gasteiger partial charge in [0.25, 0.3) is 0 Å². The van der Waals surface area contributed by atoms with Crippen LogP contribution in [0.25, 0.3) is 11.1 Å². The molecule has 0 bridgehead atoms. The molecule has 0 heterocycles. The molecule has 0 spiro atoms. The van der Waals surface area contributed by atoms with Crippen molar-refractivity contribution in [1.82, 2.24) is 0 Å². The fraction of sp³-hybridized carbons (Fsp3) is 0.143. The van der Waals surface area contributed by atoms with E-state index in [1.54, 1.807) is 12.1 Å². The Bertz CT molecular complexity index is 408. The van der Waals surface area contributed by atoms with Gasteiger partial charge < -0.3 is 5.11 Å². The molecule has 0 aliphatic heterocycles. The van der Waals surface area contributed by atoms with Crippen molar-refractivity contribution in [2.75, 3.05) is 0 Å². The Morgan fingerprint density at radius 3 is 2.00 bits per heavy atom. The quantitative estimate of drug-likeness (QED) is 0.756. The lowest BCUT2D eigenvalue weighted by molar-refractivity contribution is 0.475. The molecule has 1 N–H and O–H groups in total. The van der Waals surface area contributed by atoms with Crippen molar-refractivity contribution in [3.05, 3.63) is 53.6 Å². The Kier molecular flexibility index (Phi) is 4.87. The van der Waals surface area contributed by atoms with Gasteiger partial charge in [0.2, 0.25) is 0 Å². The molecule has 0 aliphatic rings. The van der Waals surface area contributed by atoms with Crippen LogP contribution in [0, 0.1) is 0 Å². The molecule has 84 valence electrons. The normalized spacial score (nSPS) is 9.19. The highest BCUT2D eigenvalue weighted by atomic mass is 35.5. The Labute approximate surface area is 101 Å². The molecular weight excluding hydrogens is 220 g/mol. The zero-order chi connectivity index (χ0) is 12.0. The predicted octanol–water partition coefficient (Wildman–Crippen LogP) is 4.74. The summed E-state index contributed by atoms with van der Waals surface area (Å²) in [6, 6.07) is 14.7. The minimum atomic E-state index is 0.266. The summed E-state index contributed by atoms with van der Waals surface area (Å²) in [5.41, 5.74) is 1.97. The van der Waals surface area contributed by atoms with Gasteiger partial charge in [-0.3, -0.25) is 0 Å². The van der Waals surface area contributed by atoms with E-state index in [9.17, 15) is 5.11 Å². The van der Waals surface area contributed by atoms with Gasteiger partial charge in [0.1, 0.15) is 5.75 Å². The molecule has 16 heavy (non-hydrogen) atoms. The number of hydrogen-bond acceptors (Lipinski definition) is 1. The van der Waals surface area contributed by atoms with Crippen molar-refractivity contribution in [3.8, 4) is 16.9 Å². The molecule has 0 saturated heterocycles. The van der Waals surface area contributed by atoms with Crippen LogP contribution < -0.4 is 0 Å². The molecule has 0 radical (unpaired) electrons. The van der Waals surface area contributed by atoms with E-state index in [2.05, 4.69) is 0 Å². The Balaban J connectivity index is 0.000000606. The molecule has 0 fully saturated rings. The molecule has 2 aromatic carbocycles. The highest BCUT2D eigenvalue weighted by Gasteiger charge is 1.98. The van der Waals surface area contributed by atoms with Crippen LogP contribution in [0.2, 0.25) is 5.02 Å². The van der Waals surface area contributed by atoms with E-state index in [0.29, 0.717) is 5.02 Å². The highest BCUT2D eigenvalue weighted by Crippen LogP contribution is 2.25. The molecule has 1 nitrogen and oxygen atoms in total. The Hall–Kier alpha value is -1.47. The number of hydrogen-bond donors (Lipinski definition) is 1. The summed E-state index contributed by atoms with van der Waals surface area (Å²) in [6.45, 7) is 4.00. The van der Waals surface area contributed by atoms with Crippen LogP contribution in [0.3, 0.4) is 0 Å². The third kappa shape index (κ3) is 3.28. The largest absolute Gasteiger partial charge is 0.508 e. The SMILES string of the molecule is CC.Oc1cccc(-c2cccc(Cl)c2)c1. The van der Waals surface area contributed by atoms with Gasteiger partial charge in [-0.15, -0.1) is 0 Å². The maximum atomic E-state index is 9.31. The smallest absolute Gasteiger partial charge is 0.116 e. The van der Waals surface area contributed by atoms with Gasteiger partial charge in [0, 0.05) is 5.02 Å². The summed E-state index contributed by atoms with van der Waals surface area (Å²) >= 11 is 5.87. The first-order valence-electron chi connectivity index (χ1n) is 5.31. The van der Waals surface area contributed by atoms with E-state index in [1.165, 1.54) is 0 Å². The lowest BCUT2D eigenvalue weighted by Crippen LogP contribution is -1.76. The zero-order valence-corrected chi connectivity index (χ0v) is 10.2. The number of phenolic OH excluding ortho intramolecular Hbond substituents is 1. The number of phenols is 1. The average Bonchev–Trinajstić information content (AvgIpc) is 2.32. The molecule has 0 amide bonds. The average molecular weight is 235 g/mol. The lowest BCUT2D eigenvalue weighted by Gasteiger charge is -2.02. The van der Waals surface area contributed by atoms with Gasteiger partial charge in [0.05, 0.1) is 0 Å². The van der Waals surface area contributed by atoms with E-state index in [1.807, 2.05) is 50.2 Å². The molecule has 0 aliphatic carbocycles. The van der Waals surface area contributed by atoms with Crippen molar-refractivity contribution >= 4 is 11.6 Å². The van der Waals surface area contributed by atoms with Crippen LogP contribution in [-0.2, 0) is 0 Å². The second-order valence-electron chi connectivity index (χ2n) is 3.06. The summed E-state index contributed by atoms with van der Waals surface area (Å²) in [5.74, 6) is 0.266. The molecule has 0 atom stereocenters. The monoisotopic (exact) mass is 234 g/mol. The molecule has 2 aromatic rings. The lowest BCUT2D eigenvalue weighted by atomic mass is 10.1. The van der Waals surface area contributed by atoms with Crippen LogP contribution in [-0.4, -0.2) is 5.11 Å². The van der Waals surface area contributed by atoms with Gasteiger partial charge in [0.15, 0.2) is 0 Å². The molecular formula is C14H15ClO. The first-order valence-corrected chi connectivity index (χ1v) is 5.68. The summed E-state index contributed by atoms with van der Waals surface area (Å²) in [5, 5.41) is 10.0. The number of rotatable bonds is 1. The summed E-state index contributed by atoms with van der Waals surface area (Å²) in [4.78, 5) is 0. The van der Waals surface area contributed by atoms with E-state index in [0.717, 1.165) is 11.1 Å². The summed E-state index contributed by atoms with van der Waals surface area (Å²) < 4.78 is 0. The predicted molar refractivity (Wildman–Crippen MR) is 69.9 cm³/mol. The second kappa shape index (κ2) is 6.19. The topological polar surface area (TPSA) is 20.2 Å². The van der Waals surface area contributed by atoms with Crippen LogP contribution >= 0.6 is 11.6 Å². The number of aromatic hydroxyl groups is 1. The van der Waals surface area contributed by atoms with Crippen molar-refractivity contribution in [2.45, 2.75) is 13.8 Å². The first kappa shape index (κ1) is 12.6. The maximum absolute atomic E-state index is 9.31. The third-order valence-electron chi connectivity index (χ3n) is 2.00. The fourth-order valence-corrected chi connectivity index (χ4v) is 1.54. The first-order chi connectivity index (χ1) is 7.75. The minimum Gasteiger partial charge on any atom is -0.508 e. The standard InChI is InChI=1S/C12H9ClO.C2H6/c13-11-5-1-3-9(7-11)10-4-2-6-12(14)8-10;1-2/h1-8,14H;1-2H3. The maximum Gasteiger partial charge on any atom is 0.116 e. The minimum absolute atomic E-state index is 0.266. The van der Waals surface area contributed by atoms with Gasteiger partial charge in [-0.2, -0.15) is 0 Å². The van der Waals surface area contributed by atoms with Gasteiger partial charge in [-0.25, -0.2) is 0 Å². The zero-order valence-electron chi connectivity index (χ0n) is 9.44. The van der Waals surface area contributed by atoms with Gasteiger partial charge in [-0.05, 0) is 35.4 Å².